The fraction of sp³-hybridized carbons (Fsp3) is 0.600. The molecule has 2 aliphatic heterocycles. The van der Waals surface area contributed by atoms with Crippen molar-refractivity contribution in [2.75, 3.05) is 32.7 Å². The number of piperidine rings is 1. The van der Waals surface area contributed by atoms with Gasteiger partial charge in [0, 0.05) is 32.6 Å². The van der Waals surface area contributed by atoms with Crippen LogP contribution in [-0.4, -0.2) is 49.6 Å². The van der Waals surface area contributed by atoms with Crippen LogP contribution in [0, 0.1) is 5.92 Å². The second-order valence-electron chi connectivity index (χ2n) is 7.27. The van der Waals surface area contributed by atoms with Gasteiger partial charge in [0.2, 0.25) is 5.91 Å². The minimum Gasteiger partial charge on any atom is -0.356 e. The van der Waals surface area contributed by atoms with Crippen LogP contribution in [0.4, 0.5) is 4.79 Å². The maximum atomic E-state index is 12.3. The van der Waals surface area contributed by atoms with Gasteiger partial charge < -0.3 is 20.9 Å². The van der Waals surface area contributed by atoms with Crippen molar-refractivity contribution in [2.45, 2.75) is 38.6 Å². The molecule has 0 aromatic heterocycles. The minimum absolute atomic E-state index is 0. The summed E-state index contributed by atoms with van der Waals surface area (Å²) in [6.07, 6.45) is 4.72. The highest BCUT2D eigenvalue weighted by molar-refractivity contribution is 5.85. The standard InChI is InChI=1S/C20H30N4O2.ClH/c25-19(22-11-7-16-4-3-10-21-14-16)8-12-23-20(26)24-13-9-17-5-1-2-6-18(17)15-24;/h1-2,5-6,16,21H,3-4,7-15H2,(H,22,25)(H,23,26);1H. The van der Waals surface area contributed by atoms with Crippen LogP contribution < -0.4 is 16.0 Å². The van der Waals surface area contributed by atoms with E-state index in [1.807, 2.05) is 17.0 Å². The van der Waals surface area contributed by atoms with E-state index in [0.717, 1.165) is 39.0 Å². The van der Waals surface area contributed by atoms with Gasteiger partial charge in [0.25, 0.3) is 0 Å². The Kier molecular flexibility index (Phi) is 8.88. The van der Waals surface area contributed by atoms with Crippen molar-refractivity contribution < 1.29 is 9.59 Å². The molecule has 1 saturated heterocycles. The molecular formula is C20H31ClN4O2. The number of halogens is 1. The Morgan fingerprint density at radius 3 is 2.74 bits per heavy atom. The Morgan fingerprint density at radius 1 is 1.15 bits per heavy atom. The number of carbonyl (C=O) groups excluding carboxylic acids is 2. The van der Waals surface area contributed by atoms with Crippen LogP contribution in [0.25, 0.3) is 0 Å². The molecule has 7 heteroatoms. The highest BCUT2D eigenvalue weighted by Gasteiger charge is 2.20. The lowest BCUT2D eigenvalue weighted by atomic mass is 9.96. The molecule has 0 aliphatic carbocycles. The van der Waals surface area contributed by atoms with Gasteiger partial charge >= 0.3 is 6.03 Å². The summed E-state index contributed by atoms with van der Waals surface area (Å²) in [6, 6.07) is 8.16. The van der Waals surface area contributed by atoms with Gasteiger partial charge in [-0.25, -0.2) is 4.79 Å². The normalized spacial score (nSPS) is 18.8. The lowest BCUT2D eigenvalue weighted by Crippen LogP contribution is -2.43. The van der Waals surface area contributed by atoms with E-state index in [2.05, 4.69) is 28.1 Å². The summed E-state index contributed by atoms with van der Waals surface area (Å²) in [4.78, 5) is 26.0. The van der Waals surface area contributed by atoms with E-state index in [0.29, 0.717) is 25.4 Å². The molecule has 1 fully saturated rings. The lowest BCUT2D eigenvalue weighted by Gasteiger charge is -2.28. The van der Waals surface area contributed by atoms with Crippen LogP contribution in [-0.2, 0) is 17.8 Å². The number of benzene rings is 1. The van der Waals surface area contributed by atoms with Crippen LogP contribution >= 0.6 is 12.4 Å². The van der Waals surface area contributed by atoms with Crippen molar-refractivity contribution in [3.63, 3.8) is 0 Å². The summed E-state index contributed by atoms with van der Waals surface area (Å²) < 4.78 is 0. The Labute approximate surface area is 167 Å². The molecule has 27 heavy (non-hydrogen) atoms. The topological polar surface area (TPSA) is 73.5 Å². The maximum absolute atomic E-state index is 12.3. The summed E-state index contributed by atoms with van der Waals surface area (Å²) >= 11 is 0. The van der Waals surface area contributed by atoms with Crippen molar-refractivity contribution in [2.24, 2.45) is 5.92 Å². The monoisotopic (exact) mass is 394 g/mol. The molecular weight excluding hydrogens is 364 g/mol. The lowest BCUT2D eigenvalue weighted by molar-refractivity contribution is -0.121. The second-order valence-corrected chi connectivity index (χ2v) is 7.27. The zero-order chi connectivity index (χ0) is 18.2. The summed E-state index contributed by atoms with van der Waals surface area (Å²) in [7, 11) is 0. The van der Waals surface area contributed by atoms with E-state index in [1.165, 1.54) is 24.0 Å². The average Bonchev–Trinajstić information content (AvgIpc) is 2.68. The minimum atomic E-state index is -0.0828. The van der Waals surface area contributed by atoms with Crippen molar-refractivity contribution >= 4 is 24.3 Å². The van der Waals surface area contributed by atoms with E-state index >= 15 is 0 Å². The number of fused-ring (bicyclic) bond motifs is 1. The molecule has 1 aromatic rings. The summed E-state index contributed by atoms with van der Waals surface area (Å²) in [6.45, 7) is 4.65. The predicted molar refractivity (Wildman–Crippen MR) is 109 cm³/mol. The number of urea groups is 1. The molecule has 1 unspecified atom stereocenters. The molecule has 0 radical (unpaired) electrons. The first-order valence-electron chi connectivity index (χ1n) is 9.79. The SMILES string of the molecule is Cl.O=C(CCNC(=O)N1CCc2ccccc2C1)NCCC1CCCNC1. The molecule has 1 aromatic carbocycles. The fourth-order valence-electron chi connectivity index (χ4n) is 3.74. The Bertz CT molecular complexity index is 620. The zero-order valence-electron chi connectivity index (χ0n) is 15.8. The number of amides is 3. The first-order chi connectivity index (χ1) is 12.7. The third-order valence-corrected chi connectivity index (χ3v) is 5.32. The maximum Gasteiger partial charge on any atom is 0.317 e. The molecule has 2 aliphatic rings. The molecule has 2 heterocycles. The quantitative estimate of drug-likeness (QED) is 0.691. The van der Waals surface area contributed by atoms with Gasteiger partial charge in [-0.3, -0.25) is 4.79 Å². The van der Waals surface area contributed by atoms with Gasteiger partial charge in [-0.1, -0.05) is 24.3 Å². The van der Waals surface area contributed by atoms with Crippen LogP contribution in [0.5, 0.6) is 0 Å². The Morgan fingerprint density at radius 2 is 1.96 bits per heavy atom. The largest absolute Gasteiger partial charge is 0.356 e. The average molecular weight is 395 g/mol. The molecule has 3 N–H and O–H groups in total. The second kappa shape index (κ2) is 11.1. The summed E-state index contributed by atoms with van der Waals surface area (Å²) in [5, 5.41) is 9.23. The molecule has 1 atom stereocenters. The highest BCUT2D eigenvalue weighted by Crippen LogP contribution is 2.18. The summed E-state index contributed by atoms with van der Waals surface area (Å²) in [5.41, 5.74) is 2.54. The van der Waals surface area contributed by atoms with E-state index < -0.39 is 0 Å². The number of nitrogens with zero attached hydrogens (tertiary/aromatic N) is 1. The molecule has 3 amide bonds. The van der Waals surface area contributed by atoms with Gasteiger partial charge in [0.05, 0.1) is 0 Å². The number of rotatable bonds is 6. The van der Waals surface area contributed by atoms with E-state index in [1.54, 1.807) is 0 Å². The predicted octanol–water partition coefficient (Wildman–Crippen LogP) is 2.07. The van der Waals surface area contributed by atoms with Gasteiger partial charge in [-0.05, 0) is 55.8 Å². The first-order valence-corrected chi connectivity index (χ1v) is 9.79. The molecule has 0 spiro atoms. The van der Waals surface area contributed by atoms with Crippen LogP contribution in [0.1, 0.15) is 36.8 Å². The first kappa shape index (κ1) is 21.5. The van der Waals surface area contributed by atoms with Crippen LogP contribution in [0.15, 0.2) is 24.3 Å². The zero-order valence-corrected chi connectivity index (χ0v) is 16.7. The molecule has 0 bridgehead atoms. The molecule has 0 saturated carbocycles. The smallest absolute Gasteiger partial charge is 0.317 e. The van der Waals surface area contributed by atoms with Crippen molar-refractivity contribution in [3.8, 4) is 0 Å². The van der Waals surface area contributed by atoms with Crippen molar-refractivity contribution in [1.82, 2.24) is 20.9 Å². The van der Waals surface area contributed by atoms with Crippen LogP contribution in [0.2, 0.25) is 0 Å². The van der Waals surface area contributed by atoms with Crippen LogP contribution in [0.3, 0.4) is 0 Å². The summed E-state index contributed by atoms with van der Waals surface area (Å²) in [5.74, 6) is 0.684. The van der Waals surface area contributed by atoms with Gasteiger partial charge in [0.15, 0.2) is 0 Å². The number of nitrogens with one attached hydrogen (secondary N) is 3. The number of hydrogen-bond acceptors (Lipinski definition) is 3. The third kappa shape index (κ3) is 6.70. The fourth-order valence-corrected chi connectivity index (χ4v) is 3.74. The molecule has 150 valence electrons. The Hall–Kier alpha value is -1.79. The van der Waals surface area contributed by atoms with E-state index in [4.69, 9.17) is 0 Å². The Balaban J connectivity index is 0.00000261. The van der Waals surface area contributed by atoms with Gasteiger partial charge in [-0.15, -0.1) is 12.4 Å². The van der Waals surface area contributed by atoms with Crippen molar-refractivity contribution in [3.05, 3.63) is 35.4 Å². The third-order valence-electron chi connectivity index (χ3n) is 5.32. The van der Waals surface area contributed by atoms with E-state index in [-0.39, 0.29) is 24.3 Å². The van der Waals surface area contributed by atoms with Gasteiger partial charge in [0.1, 0.15) is 0 Å². The van der Waals surface area contributed by atoms with Crippen molar-refractivity contribution in [1.29, 1.82) is 0 Å². The highest BCUT2D eigenvalue weighted by atomic mass is 35.5. The molecule has 3 rings (SSSR count). The number of carbonyl (C=O) groups is 2. The number of hydrogen-bond donors (Lipinski definition) is 3. The molecule has 6 nitrogen and oxygen atoms in total. The van der Waals surface area contributed by atoms with E-state index in [9.17, 15) is 9.59 Å². The van der Waals surface area contributed by atoms with Gasteiger partial charge in [-0.2, -0.15) is 0 Å².